The maximum atomic E-state index is 12.9. The fraction of sp³-hybridized carbons (Fsp3) is 0.308. The number of benzene rings is 1. The van der Waals surface area contributed by atoms with Gasteiger partial charge in [-0.2, -0.15) is 5.10 Å². The second kappa shape index (κ2) is 7.25. The van der Waals surface area contributed by atoms with E-state index in [1.165, 1.54) is 12.1 Å². The summed E-state index contributed by atoms with van der Waals surface area (Å²) in [6, 6.07) is 5.76. The van der Waals surface area contributed by atoms with Crippen molar-refractivity contribution in [2.45, 2.75) is 26.2 Å². The van der Waals surface area contributed by atoms with Gasteiger partial charge in [0.1, 0.15) is 5.82 Å². The molecule has 0 aromatic heterocycles. The van der Waals surface area contributed by atoms with Crippen LogP contribution >= 0.6 is 0 Å². The van der Waals surface area contributed by atoms with Crippen molar-refractivity contribution >= 4 is 17.5 Å². The normalized spacial score (nSPS) is 11.2. The number of unbranched alkanes of at least 4 members (excludes halogenated alkanes) is 1. The molecule has 1 rings (SSSR count). The van der Waals surface area contributed by atoms with E-state index < -0.39 is 11.8 Å². The summed E-state index contributed by atoms with van der Waals surface area (Å²) < 4.78 is 12.9. The van der Waals surface area contributed by atoms with Crippen LogP contribution in [0.15, 0.2) is 29.4 Å². The molecule has 0 unspecified atom stereocenters. The zero-order valence-corrected chi connectivity index (χ0v) is 10.6. The molecule has 0 radical (unpaired) electrons. The molecule has 3 N–H and O–H groups in total. The maximum Gasteiger partial charge on any atom is 0.329 e. The molecule has 0 aliphatic rings. The summed E-state index contributed by atoms with van der Waals surface area (Å²) in [7, 11) is 0. The van der Waals surface area contributed by atoms with E-state index in [9.17, 15) is 14.0 Å². The first-order valence-corrected chi connectivity index (χ1v) is 5.97. The van der Waals surface area contributed by atoms with E-state index in [0.29, 0.717) is 17.7 Å². The van der Waals surface area contributed by atoms with E-state index >= 15 is 0 Å². The van der Waals surface area contributed by atoms with Gasteiger partial charge in [0, 0.05) is 0 Å². The third-order valence-electron chi connectivity index (χ3n) is 2.46. The zero-order valence-electron chi connectivity index (χ0n) is 10.6. The Morgan fingerprint density at radius 1 is 1.32 bits per heavy atom. The summed E-state index contributed by atoms with van der Waals surface area (Å²) in [4.78, 5) is 21.7. The molecule has 0 saturated carbocycles. The van der Waals surface area contributed by atoms with Crippen LogP contribution in [-0.2, 0) is 9.59 Å². The standard InChI is InChI=1S/C13H16FN3O2/c1-2-3-4-11(16-17-13(19)12(15)18)9-5-7-10(14)8-6-9/h5-8H,2-4H2,1H3,(H2,15,18)(H,17,19)/b16-11-. The smallest absolute Gasteiger partial charge is 0.329 e. The number of carbonyl (C=O) groups is 2. The van der Waals surface area contributed by atoms with Crippen LogP contribution in [0, 0.1) is 5.82 Å². The van der Waals surface area contributed by atoms with Crippen LogP contribution in [0.25, 0.3) is 0 Å². The number of carbonyl (C=O) groups excluding carboxylic acids is 2. The van der Waals surface area contributed by atoms with Crippen molar-refractivity contribution in [3.05, 3.63) is 35.6 Å². The van der Waals surface area contributed by atoms with Gasteiger partial charge in [-0.1, -0.05) is 25.5 Å². The van der Waals surface area contributed by atoms with Crippen LogP contribution in [0.3, 0.4) is 0 Å². The van der Waals surface area contributed by atoms with Gasteiger partial charge in [-0.3, -0.25) is 9.59 Å². The summed E-state index contributed by atoms with van der Waals surface area (Å²) in [5.41, 5.74) is 8.17. The average molecular weight is 265 g/mol. The van der Waals surface area contributed by atoms with Crippen molar-refractivity contribution in [1.29, 1.82) is 0 Å². The predicted molar refractivity (Wildman–Crippen MR) is 69.8 cm³/mol. The number of halogens is 1. The molecule has 1 aromatic rings. The van der Waals surface area contributed by atoms with Crippen molar-refractivity contribution in [3.8, 4) is 0 Å². The molecule has 0 heterocycles. The minimum Gasteiger partial charge on any atom is -0.361 e. The van der Waals surface area contributed by atoms with Gasteiger partial charge < -0.3 is 5.73 Å². The largest absolute Gasteiger partial charge is 0.361 e. The van der Waals surface area contributed by atoms with Crippen LogP contribution in [0.2, 0.25) is 0 Å². The Balaban J connectivity index is 2.87. The second-order valence-electron chi connectivity index (χ2n) is 3.97. The minimum atomic E-state index is -1.10. The monoisotopic (exact) mass is 265 g/mol. The molecule has 0 spiro atoms. The Bertz CT molecular complexity index is 483. The maximum absolute atomic E-state index is 12.9. The molecule has 1 aromatic carbocycles. The highest BCUT2D eigenvalue weighted by Crippen LogP contribution is 2.09. The predicted octanol–water partition coefficient (Wildman–Crippen LogP) is 1.32. The van der Waals surface area contributed by atoms with Crippen LogP contribution in [0.5, 0.6) is 0 Å². The number of hydrogen-bond donors (Lipinski definition) is 2. The highest BCUT2D eigenvalue weighted by atomic mass is 19.1. The summed E-state index contributed by atoms with van der Waals surface area (Å²) in [6.45, 7) is 2.02. The molecule has 6 heteroatoms. The Morgan fingerprint density at radius 2 is 1.95 bits per heavy atom. The molecular weight excluding hydrogens is 249 g/mol. The summed E-state index contributed by atoms with van der Waals surface area (Å²) >= 11 is 0. The Kier molecular flexibility index (Phi) is 5.66. The number of hydrogen-bond acceptors (Lipinski definition) is 3. The minimum absolute atomic E-state index is 0.347. The van der Waals surface area contributed by atoms with Gasteiger partial charge in [-0.15, -0.1) is 0 Å². The third-order valence-corrected chi connectivity index (χ3v) is 2.46. The van der Waals surface area contributed by atoms with Crippen molar-refractivity contribution < 1.29 is 14.0 Å². The van der Waals surface area contributed by atoms with Gasteiger partial charge in [0.2, 0.25) is 0 Å². The van der Waals surface area contributed by atoms with Crippen molar-refractivity contribution in [2.75, 3.05) is 0 Å². The second-order valence-corrected chi connectivity index (χ2v) is 3.97. The highest BCUT2D eigenvalue weighted by molar-refractivity contribution is 6.34. The molecule has 102 valence electrons. The number of nitrogens with zero attached hydrogens (tertiary/aromatic N) is 1. The van der Waals surface area contributed by atoms with Gasteiger partial charge >= 0.3 is 11.8 Å². The van der Waals surface area contributed by atoms with Crippen LogP contribution in [0.1, 0.15) is 31.7 Å². The lowest BCUT2D eigenvalue weighted by Crippen LogP contribution is -2.33. The van der Waals surface area contributed by atoms with Gasteiger partial charge in [0.05, 0.1) is 5.71 Å². The van der Waals surface area contributed by atoms with E-state index in [1.807, 2.05) is 6.92 Å². The molecular formula is C13H16FN3O2. The van der Waals surface area contributed by atoms with E-state index in [1.54, 1.807) is 12.1 Å². The summed E-state index contributed by atoms with van der Waals surface area (Å²) in [6.07, 6.45) is 2.42. The SMILES string of the molecule is CCCC/C(=N/NC(=O)C(N)=O)c1ccc(F)cc1. The van der Waals surface area contributed by atoms with Gasteiger partial charge in [0.15, 0.2) is 0 Å². The lowest BCUT2D eigenvalue weighted by atomic mass is 10.1. The van der Waals surface area contributed by atoms with Crippen molar-refractivity contribution in [2.24, 2.45) is 10.8 Å². The summed E-state index contributed by atoms with van der Waals surface area (Å²) in [5.74, 6) is -2.42. The number of primary amides is 1. The van der Waals surface area contributed by atoms with Gasteiger partial charge in [-0.25, -0.2) is 9.82 Å². The van der Waals surface area contributed by atoms with E-state index in [0.717, 1.165) is 12.8 Å². The fourth-order valence-electron chi connectivity index (χ4n) is 1.42. The molecule has 5 nitrogen and oxygen atoms in total. The number of nitrogens with two attached hydrogens (primary N) is 1. The van der Waals surface area contributed by atoms with Crippen molar-refractivity contribution in [3.63, 3.8) is 0 Å². The number of rotatable bonds is 5. The topological polar surface area (TPSA) is 84.6 Å². The first-order chi connectivity index (χ1) is 9.04. The summed E-state index contributed by atoms with van der Waals surface area (Å²) in [5, 5.41) is 3.88. The van der Waals surface area contributed by atoms with Crippen LogP contribution in [-0.4, -0.2) is 17.5 Å². The quantitative estimate of drug-likeness (QED) is 0.478. The number of hydrazone groups is 1. The van der Waals surface area contributed by atoms with E-state index in [-0.39, 0.29) is 5.82 Å². The Labute approximate surface area is 110 Å². The molecule has 0 saturated heterocycles. The molecule has 0 aliphatic heterocycles. The molecule has 0 fully saturated rings. The van der Waals surface area contributed by atoms with Crippen LogP contribution < -0.4 is 11.2 Å². The van der Waals surface area contributed by atoms with Gasteiger partial charge in [0.25, 0.3) is 0 Å². The lowest BCUT2D eigenvalue weighted by Gasteiger charge is -2.06. The first-order valence-electron chi connectivity index (χ1n) is 5.97. The average Bonchev–Trinajstić information content (AvgIpc) is 2.39. The molecule has 0 atom stereocenters. The van der Waals surface area contributed by atoms with Gasteiger partial charge in [-0.05, 0) is 30.5 Å². The highest BCUT2D eigenvalue weighted by Gasteiger charge is 2.09. The van der Waals surface area contributed by atoms with E-state index in [2.05, 4.69) is 10.5 Å². The first kappa shape index (κ1) is 14.8. The molecule has 19 heavy (non-hydrogen) atoms. The van der Waals surface area contributed by atoms with Crippen LogP contribution in [0.4, 0.5) is 4.39 Å². The van der Waals surface area contributed by atoms with E-state index in [4.69, 9.17) is 5.73 Å². The number of nitrogens with one attached hydrogen (secondary N) is 1. The van der Waals surface area contributed by atoms with Crippen molar-refractivity contribution in [1.82, 2.24) is 5.43 Å². The molecule has 2 amide bonds. The number of amides is 2. The molecule has 0 bridgehead atoms. The zero-order chi connectivity index (χ0) is 14.3. The Morgan fingerprint density at radius 3 is 2.47 bits per heavy atom. The molecule has 0 aliphatic carbocycles. The third kappa shape index (κ3) is 4.87. The lowest BCUT2D eigenvalue weighted by molar-refractivity contribution is -0.137. The Hall–Kier alpha value is -2.24. The fourth-order valence-corrected chi connectivity index (χ4v) is 1.42.